The smallest absolute Gasteiger partial charge is 0.271 e. The molecule has 0 aliphatic heterocycles. The van der Waals surface area contributed by atoms with Crippen molar-refractivity contribution in [2.75, 3.05) is 0 Å². The molecule has 3 aromatic rings. The summed E-state index contributed by atoms with van der Waals surface area (Å²) < 4.78 is 5.71. The van der Waals surface area contributed by atoms with Crippen molar-refractivity contribution in [1.29, 1.82) is 0 Å². The number of carbonyl (C=O) groups excluding carboxylic acids is 1. The highest BCUT2D eigenvalue weighted by molar-refractivity contribution is 5.96. The average molecular weight is 317 g/mol. The first-order valence-electron chi connectivity index (χ1n) is 6.31. The van der Waals surface area contributed by atoms with Gasteiger partial charge in [-0.15, -0.1) is 12.4 Å². The predicted molar refractivity (Wildman–Crippen MR) is 83.5 cm³/mol. The third kappa shape index (κ3) is 2.82. The van der Waals surface area contributed by atoms with Gasteiger partial charge in [0, 0.05) is 18.1 Å². The zero-order valence-corrected chi connectivity index (χ0v) is 12.5. The maximum atomic E-state index is 11.6. The molecule has 0 spiro atoms. The van der Waals surface area contributed by atoms with Crippen LogP contribution in [0.2, 0.25) is 0 Å². The highest BCUT2D eigenvalue weighted by atomic mass is 35.5. The second kappa shape index (κ2) is 6.36. The van der Waals surface area contributed by atoms with Gasteiger partial charge in [-0.2, -0.15) is 0 Å². The van der Waals surface area contributed by atoms with Gasteiger partial charge in [0.2, 0.25) is 5.89 Å². The van der Waals surface area contributed by atoms with Gasteiger partial charge in [0.25, 0.3) is 5.91 Å². The van der Waals surface area contributed by atoms with E-state index in [1.165, 1.54) is 0 Å². The molecule has 1 amide bonds. The lowest BCUT2D eigenvalue weighted by Crippen LogP contribution is -2.12. The molecule has 22 heavy (non-hydrogen) atoms. The summed E-state index contributed by atoms with van der Waals surface area (Å²) in [6.45, 7) is 1.84. The molecule has 0 fully saturated rings. The van der Waals surface area contributed by atoms with Crippen LogP contribution in [0.3, 0.4) is 0 Å². The zero-order valence-electron chi connectivity index (χ0n) is 11.7. The first kappa shape index (κ1) is 15.7. The minimum atomic E-state index is -0.660. The van der Waals surface area contributed by atoms with E-state index < -0.39 is 5.91 Å². The molecule has 0 radical (unpaired) electrons. The Bertz CT molecular complexity index is 802. The summed E-state index contributed by atoms with van der Waals surface area (Å²) in [5, 5.41) is 0. The second-order valence-corrected chi connectivity index (χ2v) is 4.41. The normalized spacial score (nSPS) is 10.0. The van der Waals surface area contributed by atoms with Crippen LogP contribution in [0, 0.1) is 6.92 Å². The SMILES string of the molecule is Cc1ncccc1-c1nc(C(N)=O)c(-c2ccccn2)o1.Cl. The summed E-state index contributed by atoms with van der Waals surface area (Å²) in [4.78, 5) is 24.1. The Morgan fingerprint density at radius 3 is 2.55 bits per heavy atom. The van der Waals surface area contributed by atoms with Crippen LogP contribution in [0.4, 0.5) is 0 Å². The standard InChI is InChI=1S/C15H12N4O2.ClH/c1-9-10(5-4-8-17-9)15-19-12(14(16)20)13(21-15)11-6-2-3-7-18-11;/h2-8H,1H3,(H2,16,20);1H. The van der Waals surface area contributed by atoms with Crippen LogP contribution in [-0.4, -0.2) is 20.9 Å². The molecule has 112 valence electrons. The monoisotopic (exact) mass is 316 g/mol. The van der Waals surface area contributed by atoms with Crippen molar-refractivity contribution in [3.8, 4) is 22.9 Å². The van der Waals surface area contributed by atoms with Crippen molar-refractivity contribution >= 4 is 18.3 Å². The molecule has 0 bridgehead atoms. The van der Waals surface area contributed by atoms with Gasteiger partial charge in [0.15, 0.2) is 11.5 Å². The van der Waals surface area contributed by atoms with Crippen molar-refractivity contribution < 1.29 is 9.21 Å². The van der Waals surface area contributed by atoms with E-state index in [9.17, 15) is 4.79 Å². The molecular formula is C15H13ClN4O2. The van der Waals surface area contributed by atoms with E-state index in [0.717, 1.165) is 5.69 Å². The summed E-state index contributed by atoms with van der Waals surface area (Å²) in [5.74, 6) is -0.0939. The van der Waals surface area contributed by atoms with Crippen LogP contribution < -0.4 is 5.73 Å². The number of aryl methyl sites for hydroxylation is 1. The zero-order chi connectivity index (χ0) is 14.8. The lowest BCUT2D eigenvalue weighted by Gasteiger charge is -1.98. The van der Waals surface area contributed by atoms with E-state index in [2.05, 4.69) is 15.0 Å². The largest absolute Gasteiger partial charge is 0.434 e. The summed E-state index contributed by atoms with van der Waals surface area (Å²) in [5.41, 5.74) is 7.41. The molecule has 3 aromatic heterocycles. The number of amides is 1. The van der Waals surface area contributed by atoms with Gasteiger partial charge >= 0.3 is 0 Å². The Hall–Kier alpha value is -2.73. The van der Waals surface area contributed by atoms with Crippen molar-refractivity contribution in [3.05, 3.63) is 54.1 Å². The van der Waals surface area contributed by atoms with Crippen LogP contribution >= 0.6 is 12.4 Å². The van der Waals surface area contributed by atoms with Gasteiger partial charge in [0.05, 0.1) is 5.56 Å². The van der Waals surface area contributed by atoms with E-state index >= 15 is 0 Å². The summed E-state index contributed by atoms with van der Waals surface area (Å²) in [6, 6.07) is 8.89. The predicted octanol–water partition coefficient (Wildman–Crippen LogP) is 2.63. The van der Waals surface area contributed by atoms with Crippen molar-refractivity contribution in [2.24, 2.45) is 5.73 Å². The number of hydrogen-bond acceptors (Lipinski definition) is 5. The van der Waals surface area contributed by atoms with Crippen molar-refractivity contribution in [1.82, 2.24) is 15.0 Å². The fourth-order valence-corrected chi connectivity index (χ4v) is 1.98. The first-order valence-corrected chi connectivity index (χ1v) is 6.31. The Morgan fingerprint density at radius 1 is 1.14 bits per heavy atom. The lowest BCUT2D eigenvalue weighted by atomic mass is 10.2. The maximum absolute atomic E-state index is 11.6. The van der Waals surface area contributed by atoms with Crippen LogP contribution in [0.1, 0.15) is 16.2 Å². The second-order valence-electron chi connectivity index (χ2n) is 4.41. The number of nitrogens with zero attached hydrogens (tertiary/aromatic N) is 3. The van der Waals surface area contributed by atoms with Crippen LogP contribution in [0.5, 0.6) is 0 Å². The summed E-state index contributed by atoms with van der Waals surface area (Å²) in [7, 11) is 0. The number of oxazole rings is 1. The summed E-state index contributed by atoms with van der Waals surface area (Å²) in [6.07, 6.45) is 3.29. The molecule has 0 atom stereocenters. The molecular weight excluding hydrogens is 304 g/mol. The topological polar surface area (TPSA) is 94.9 Å². The van der Waals surface area contributed by atoms with Gasteiger partial charge in [-0.05, 0) is 31.2 Å². The number of aromatic nitrogens is 3. The summed E-state index contributed by atoms with van der Waals surface area (Å²) >= 11 is 0. The fraction of sp³-hybridized carbons (Fsp3) is 0.0667. The Kier molecular flexibility index (Phi) is 4.53. The molecule has 0 saturated heterocycles. The molecule has 0 unspecified atom stereocenters. The molecule has 3 heterocycles. The molecule has 2 N–H and O–H groups in total. The Labute approximate surface area is 132 Å². The molecule has 7 heteroatoms. The molecule has 0 aromatic carbocycles. The van der Waals surface area contributed by atoms with Crippen molar-refractivity contribution in [3.63, 3.8) is 0 Å². The average Bonchev–Trinajstić information content (AvgIpc) is 2.94. The van der Waals surface area contributed by atoms with E-state index in [1.807, 2.05) is 13.0 Å². The van der Waals surface area contributed by atoms with Gasteiger partial charge in [0.1, 0.15) is 5.69 Å². The van der Waals surface area contributed by atoms with Gasteiger partial charge < -0.3 is 10.2 Å². The number of pyridine rings is 2. The third-order valence-electron chi connectivity index (χ3n) is 3.00. The quantitative estimate of drug-likeness (QED) is 0.801. The molecule has 0 aliphatic carbocycles. The van der Waals surface area contributed by atoms with Crippen LogP contribution in [-0.2, 0) is 0 Å². The highest BCUT2D eigenvalue weighted by Gasteiger charge is 2.21. The minimum Gasteiger partial charge on any atom is -0.434 e. The van der Waals surface area contributed by atoms with E-state index in [4.69, 9.17) is 10.2 Å². The van der Waals surface area contributed by atoms with Crippen LogP contribution in [0.25, 0.3) is 22.9 Å². The van der Waals surface area contributed by atoms with E-state index in [-0.39, 0.29) is 23.9 Å². The number of primary amides is 1. The highest BCUT2D eigenvalue weighted by Crippen LogP contribution is 2.29. The molecule has 0 aliphatic rings. The third-order valence-corrected chi connectivity index (χ3v) is 3.00. The number of halogens is 1. The van der Waals surface area contributed by atoms with Crippen LogP contribution in [0.15, 0.2) is 47.1 Å². The van der Waals surface area contributed by atoms with Gasteiger partial charge in [-0.1, -0.05) is 6.07 Å². The molecule has 3 rings (SSSR count). The van der Waals surface area contributed by atoms with E-state index in [1.54, 1.807) is 36.7 Å². The Morgan fingerprint density at radius 2 is 1.91 bits per heavy atom. The van der Waals surface area contributed by atoms with Crippen molar-refractivity contribution in [2.45, 2.75) is 6.92 Å². The minimum absolute atomic E-state index is 0. The molecule has 0 saturated carbocycles. The van der Waals surface area contributed by atoms with Gasteiger partial charge in [-0.3, -0.25) is 14.8 Å². The maximum Gasteiger partial charge on any atom is 0.271 e. The van der Waals surface area contributed by atoms with Gasteiger partial charge in [-0.25, -0.2) is 4.98 Å². The molecule has 6 nitrogen and oxygen atoms in total. The number of nitrogens with two attached hydrogens (primary N) is 1. The number of rotatable bonds is 3. The Balaban J connectivity index is 0.00000176. The first-order chi connectivity index (χ1) is 10.2. The fourth-order valence-electron chi connectivity index (χ4n) is 1.98. The number of hydrogen-bond donors (Lipinski definition) is 1. The van der Waals surface area contributed by atoms with E-state index in [0.29, 0.717) is 17.1 Å². The lowest BCUT2D eigenvalue weighted by molar-refractivity contribution is 0.0996. The number of carbonyl (C=O) groups is 1.